The van der Waals surface area contributed by atoms with Gasteiger partial charge in [0.2, 0.25) is 0 Å². The highest BCUT2D eigenvalue weighted by molar-refractivity contribution is 14.1. The first kappa shape index (κ1) is 14.1. The molecule has 0 heterocycles. The van der Waals surface area contributed by atoms with E-state index < -0.39 is 0 Å². The number of carbonyl (C=O) groups excluding carboxylic acids is 1. The van der Waals surface area contributed by atoms with Crippen molar-refractivity contribution in [3.63, 3.8) is 0 Å². The molecule has 82 valence electrons. The smallest absolute Gasteiger partial charge is 0.153 e. The molecule has 1 N–H and O–H groups in total. The first-order valence-corrected chi connectivity index (χ1v) is 6.33. The van der Waals surface area contributed by atoms with Crippen LogP contribution in [0.15, 0.2) is 12.2 Å². The Labute approximate surface area is 101 Å². The minimum absolute atomic E-state index is 0.0126. The van der Waals surface area contributed by atoms with Gasteiger partial charge in [-0.3, -0.25) is 4.79 Å². The second-order valence-corrected chi connectivity index (χ2v) is 5.61. The van der Waals surface area contributed by atoms with Gasteiger partial charge in [-0.25, -0.2) is 0 Å². The summed E-state index contributed by atoms with van der Waals surface area (Å²) >= 11 is 2.39. The molecule has 0 aliphatic carbocycles. The van der Waals surface area contributed by atoms with Gasteiger partial charge in [0.05, 0.1) is 6.04 Å². The Balaban J connectivity index is 3.62. The Hall–Kier alpha value is 0.1000. The Kier molecular flexibility index (Phi) is 8.47. The lowest BCUT2D eigenvalue weighted by molar-refractivity contribution is -0.119. The number of carbonyl (C=O) groups is 1. The van der Waals surface area contributed by atoms with Gasteiger partial charge in [0, 0.05) is 10.3 Å². The number of Topliss-reactive ketones (excluding diaryl/α,β-unsaturated/α-hetero) is 1. The summed E-state index contributed by atoms with van der Waals surface area (Å²) in [4.78, 5) is 11.5. The molecule has 0 rings (SSSR count). The number of halogens is 1. The van der Waals surface area contributed by atoms with Crippen molar-refractivity contribution in [2.45, 2.75) is 43.6 Å². The van der Waals surface area contributed by atoms with Crippen LogP contribution in [0.3, 0.4) is 0 Å². The molecule has 2 nitrogen and oxygen atoms in total. The number of nitrogens with one attached hydrogen (secondary N) is 1. The van der Waals surface area contributed by atoms with Crippen molar-refractivity contribution in [2.75, 3.05) is 6.54 Å². The van der Waals surface area contributed by atoms with Crippen LogP contribution in [0.1, 0.15) is 33.6 Å². The zero-order chi connectivity index (χ0) is 11.0. The predicted octanol–water partition coefficient (Wildman–Crippen LogP) is 2.71. The maximum absolute atomic E-state index is 11.5. The van der Waals surface area contributed by atoms with Crippen LogP contribution >= 0.6 is 22.6 Å². The molecule has 0 amide bonds. The molecule has 2 atom stereocenters. The summed E-state index contributed by atoms with van der Waals surface area (Å²) < 4.78 is 0.665. The molecule has 0 fully saturated rings. The van der Waals surface area contributed by atoms with Gasteiger partial charge in [-0.15, -0.1) is 0 Å². The standard InChI is InChI=1S/C11H20INO/c1-4-5-6-11(14)10(3)13-8-7-9(2)12/h4-5,9-10,13H,6-8H2,1-3H3/b5-4-/t9-,10+/m1/s1. The summed E-state index contributed by atoms with van der Waals surface area (Å²) in [6.07, 6.45) is 5.48. The van der Waals surface area contributed by atoms with Gasteiger partial charge in [0.15, 0.2) is 5.78 Å². The maximum atomic E-state index is 11.5. The van der Waals surface area contributed by atoms with E-state index in [1.165, 1.54) is 0 Å². The number of rotatable bonds is 7. The number of allylic oxidation sites excluding steroid dienone is 2. The monoisotopic (exact) mass is 309 g/mol. The van der Waals surface area contributed by atoms with E-state index in [9.17, 15) is 4.79 Å². The van der Waals surface area contributed by atoms with Gasteiger partial charge in [-0.05, 0) is 26.8 Å². The van der Waals surface area contributed by atoms with E-state index in [0.29, 0.717) is 10.3 Å². The fourth-order valence-electron chi connectivity index (χ4n) is 1.02. The molecule has 0 unspecified atom stereocenters. The Morgan fingerprint density at radius 1 is 1.50 bits per heavy atom. The van der Waals surface area contributed by atoms with E-state index in [1.54, 1.807) is 0 Å². The third kappa shape index (κ3) is 7.50. The second-order valence-electron chi connectivity index (χ2n) is 3.48. The van der Waals surface area contributed by atoms with Gasteiger partial charge in [0.25, 0.3) is 0 Å². The molecule has 0 aromatic rings. The van der Waals surface area contributed by atoms with Crippen LogP contribution in [-0.4, -0.2) is 22.3 Å². The van der Waals surface area contributed by atoms with Crippen LogP contribution in [0.4, 0.5) is 0 Å². The van der Waals surface area contributed by atoms with Gasteiger partial charge >= 0.3 is 0 Å². The summed E-state index contributed by atoms with van der Waals surface area (Å²) in [7, 11) is 0. The highest BCUT2D eigenvalue weighted by Gasteiger charge is 2.09. The Morgan fingerprint density at radius 3 is 2.64 bits per heavy atom. The molecule has 0 radical (unpaired) electrons. The molecule has 0 aromatic heterocycles. The van der Waals surface area contributed by atoms with E-state index in [1.807, 2.05) is 26.0 Å². The van der Waals surface area contributed by atoms with Gasteiger partial charge in [-0.2, -0.15) is 0 Å². The summed E-state index contributed by atoms with van der Waals surface area (Å²) in [6.45, 7) is 6.97. The highest BCUT2D eigenvalue weighted by atomic mass is 127. The molecule has 0 saturated carbocycles. The van der Waals surface area contributed by atoms with Crippen LogP contribution in [-0.2, 0) is 4.79 Å². The fourth-order valence-corrected chi connectivity index (χ4v) is 1.33. The van der Waals surface area contributed by atoms with E-state index in [2.05, 4.69) is 34.8 Å². The number of hydrogen-bond acceptors (Lipinski definition) is 2. The van der Waals surface area contributed by atoms with Crippen LogP contribution in [0.5, 0.6) is 0 Å². The number of ketones is 1. The summed E-state index contributed by atoms with van der Waals surface area (Å²) in [5.74, 6) is 0.268. The van der Waals surface area contributed by atoms with Crippen LogP contribution in [0, 0.1) is 0 Å². The average molecular weight is 309 g/mol. The lowest BCUT2D eigenvalue weighted by atomic mass is 10.1. The SMILES string of the molecule is C/C=C\CC(=O)[C@H](C)NCC[C@@H](C)I. The first-order chi connectivity index (χ1) is 6.57. The Morgan fingerprint density at radius 2 is 2.14 bits per heavy atom. The van der Waals surface area contributed by atoms with Crippen molar-refractivity contribution in [3.8, 4) is 0 Å². The minimum atomic E-state index is -0.0126. The molecular weight excluding hydrogens is 289 g/mol. The summed E-state index contributed by atoms with van der Waals surface area (Å²) in [5.41, 5.74) is 0. The van der Waals surface area contributed by atoms with E-state index in [4.69, 9.17) is 0 Å². The van der Waals surface area contributed by atoms with Gasteiger partial charge in [-0.1, -0.05) is 41.7 Å². The molecular formula is C11H20INO. The molecule has 0 aliphatic heterocycles. The normalized spacial score (nSPS) is 15.7. The number of hydrogen-bond donors (Lipinski definition) is 1. The minimum Gasteiger partial charge on any atom is -0.308 e. The maximum Gasteiger partial charge on any atom is 0.153 e. The lowest BCUT2D eigenvalue weighted by Crippen LogP contribution is -2.34. The quantitative estimate of drug-likeness (QED) is 0.445. The van der Waals surface area contributed by atoms with Crippen LogP contribution < -0.4 is 5.32 Å². The van der Waals surface area contributed by atoms with Crippen molar-refractivity contribution in [2.24, 2.45) is 0 Å². The van der Waals surface area contributed by atoms with Gasteiger partial charge in [0.1, 0.15) is 0 Å². The van der Waals surface area contributed by atoms with Gasteiger partial charge < -0.3 is 5.32 Å². The van der Waals surface area contributed by atoms with Crippen molar-refractivity contribution < 1.29 is 4.79 Å². The fraction of sp³-hybridized carbons (Fsp3) is 0.727. The van der Waals surface area contributed by atoms with Crippen molar-refractivity contribution in [3.05, 3.63) is 12.2 Å². The molecule has 0 bridgehead atoms. The molecule has 14 heavy (non-hydrogen) atoms. The summed E-state index contributed by atoms with van der Waals surface area (Å²) in [5, 5.41) is 3.23. The predicted molar refractivity (Wildman–Crippen MR) is 70.0 cm³/mol. The number of alkyl halides is 1. The lowest BCUT2D eigenvalue weighted by Gasteiger charge is -2.12. The van der Waals surface area contributed by atoms with E-state index in [0.717, 1.165) is 13.0 Å². The third-order valence-corrected chi connectivity index (χ3v) is 2.65. The molecule has 0 saturated heterocycles. The highest BCUT2D eigenvalue weighted by Crippen LogP contribution is 2.02. The molecule has 0 aliphatic rings. The first-order valence-electron chi connectivity index (χ1n) is 5.09. The molecule has 3 heteroatoms. The van der Waals surface area contributed by atoms with Crippen molar-refractivity contribution >= 4 is 28.4 Å². The molecule has 0 spiro atoms. The summed E-state index contributed by atoms with van der Waals surface area (Å²) in [6, 6.07) is -0.0126. The third-order valence-electron chi connectivity index (χ3n) is 2.03. The zero-order valence-electron chi connectivity index (χ0n) is 9.22. The van der Waals surface area contributed by atoms with Crippen molar-refractivity contribution in [1.82, 2.24) is 5.32 Å². The van der Waals surface area contributed by atoms with E-state index >= 15 is 0 Å². The van der Waals surface area contributed by atoms with Crippen molar-refractivity contribution in [1.29, 1.82) is 0 Å². The average Bonchev–Trinajstić information content (AvgIpc) is 2.13. The Bertz CT molecular complexity index is 190. The zero-order valence-corrected chi connectivity index (χ0v) is 11.4. The van der Waals surface area contributed by atoms with E-state index in [-0.39, 0.29) is 11.8 Å². The molecule has 0 aromatic carbocycles. The largest absolute Gasteiger partial charge is 0.308 e. The van der Waals surface area contributed by atoms with Crippen LogP contribution in [0.2, 0.25) is 0 Å². The topological polar surface area (TPSA) is 29.1 Å². The second kappa shape index (κ2) is 8.41. The van der Waals surface area contributed by atoms with Crippen LogP contribution in [0.25, 0.3) is 0 Å².